The molecule has 0 saturated heterocycles. The van der Waals surface area contributed by atoms with E-state index < -0.39 is 0 Å². The minimum Gasteiger partial charge on any atom is -0.383 e. The number of hydrogen-bond acceptors (Lipinski definition) is 5. The maximum absolute atomic E-state index is 5.73. The van der Waals surface area contributed by atoms with Gasteiger partial charge in [-0.15, -0.1) is 0 Å². The lowest BCUT2D eigenvalue weighted by Crippen LogP contribution is -2.00. The third-order valence-electron chi connectivity index (χ3n) is 2.70. The van der Waals surface area contributed by atoms with Crippen LogP contribution in [-0.4, -0.2) is 15.0 Å². The van der Waals surface area contributed by atoms with Crippen LogP contribution in [-0.2, 0) is 0 Å². The predicted octanol–water partition coefficient (Wildman–Crippen LogP) is 3.11. The molecule has 0 fully saturated rings. The molecular formula is C13H10BrN5. The number of rotatable bonds is 2. The molecule has 0 saturated carbocycles. The Bertz CT molecular complexity index is 739. The molecule has 1 aromatic carbocycles. The summed E-state index contributed by atoms with van der Waals surface area (Å²) in [6, 6.07) is 9.84. The number of nitrogens with one attached hydrogen (secondary N) is 1. The largest absolute Gasteiger partial charge is 0.383 e. The van der Waals surface area contributed by atoms with E-state index in [1.54, 1.807) is 6.20 Å². The highest BCUT2D eigenvalue weighted by molar-refractivity contribution is 9.10. The Balaban J connectivity index is 2.09. The molecule has 0 aliphatic carbocycles. The molecule has 0 bridgehead atoms. The van der Waals surface area contributed by atoms with E-state index in [0.717, 1.165) is 16.6 Å². The van der Waals surface area contributed by atoms with Crippen LogP contribution in [0.1, 0.15) is 0 Å². The second-order valence-corrected chi connectivity index (χ2v) is 4.72. The molecule has 94 valence electrons. The van der Waals surface area contributed by atoms with E-state index in [4.69, 9.17) is 5.73 Å². The van der Waals surface area contributed by atoms with E-state index in [1.165, 1.54) is 6.33 Å². The third-order valence-corrected chi connectivity index (χ3v) is 3.48. The number of nitrogens with two attached hydrogens (primary N) is 1. The Morgan fingerprint density at radius 2 is 1.89 bits per heavy atom. The summed E-state index contributed by atoms with van der Waals surface area (Å²) < 4.78 is 0.642. The van der Waals surface area contributed by atoms with Crippen molar-refractivity contribution >= 4 is 44.2 Å². The van der Waals surface area contributed by atoms with Crippen LogP contribution < -0.4 is 11.1 Å². The lowest BCUT2D eigenvalue weighted by atomic mass is 10.2. The van der Waals surface area contributed by atoms with E-state index >= 15 is 0 Å². The van der Waals surface area contributed by atoms with Gasteiger partial charge in [-0.3, -0.25) is 4.98 Å². The van der Waals surface area contributed by atoms with Gasteiger partial charge in [0.1, 0.15) is 22.4 Å². The predicted molar refractivity (Wildman–Crippen MR) is 79.2 cm³/mol. The number of pyridine rings is 1. The Labute approximate surface area is 118 Å². The van der Waals surface area contributed by atoms with Crippen LogP contribution in [0.4, 0.5) is 17.3 Å². The minimum absolute atomic E-state index is 0.394. The average molecular weight is 316 g/mol. The smallest absolute Gasteiger partial charge is 0.150 e. The van der Waals surface area contributed by atoms with Crippen molar-refractivity contribution in [3.05, 3.63) is 47.3 Å². The first-order chi connectivity index (χ1) is 9.25. The van der Waals surface area contributed by atoms with Gasteiger partial charge in [-0.1, -0.05) is 18.2 Å². The molecule has 0 unspecified atom stereocenters. The molecule has 3 aromatic rings. The normalized spacial score (nSPS) is 10.6. The van der Waals surface area contributed by atoms with Gasteiger partial charge in [0.2, 0.25) is 0 Å². The first-order valence-corrected chi connectivity index (χ1v) is 6.42. The Morgan fingerprint density at radius 1 is 1.05 bits per heavy atom. The number of anilines is 3. The summed E-state index contributed by atoms with van der Waals surface area (Å²) in [6.07, 6.45) is 3.18. The van der Waals surface area contributed by atoms with Crippen molar-refractivity contribution < 1.29 is 0 Å². The molecule has 6 heteroatoms. The van der Waals surface area contributed by atoms with Crippen LogP contribution in [0.2, 0.25) is 0 Å². The van der Waals surface area contributed by atoms with Crippen LogP contribution in [0.25, 0.3) is 10.9 Å². The zero-order valence-corrected chi connectivity index (χ0v) is 11.4. The molecular weight excluding hydrogens is 306 g/mol. The lowest BCUT2D eigenvalue weighted by molar-refractivity contribution is 1.16. The Morgan fingerprint density at radius 3 is 2.79 bits per heavy atom. The van der Waals surface area contributed by atoms with Gasteiger partial charge in [0.15, 0.2) is 0 Å². The van der Waals surface area contributed by atoms with E-state index in [9.17, 15) is 0 Å². The Kier molecular flexibility index (Phi) is 3.00. The maximum Gasteiger partial charge on any atom is 0.150 e. The molecule has 3 rings (SSSR count). The van der Waals surface area contributed by atoms with Crippen LogP contribution in [0, 0.1) is 0 Å². The van der Waals surface area contributed by atoms with E-state index in [1.807, 2.05) is 30.3 Å². The number of nitrogen functional groups attached to an aromatic ring is 1. The highest BCUT2D eigenvalue weighted by Crippen LogP contribution is 2.29. The van der Waals surface area contributed by atoms with Gasteiger partial charge in [-0.2, -0.15) is 0 Å². The van der Waals surface area contributed by atoms with Crippen molar-refractivity contribution in [2.45, 2.75) is 0 Å². The van der Waals surface area contributed by atoms with Crippen LogP contribution in [0.15, 0.2) is 47.3 Å². The SMILES string of the molecule is Nc1ncnc(Nc2cccc3cccnc23)c1Br. The second kappa shape index (κ2) is 4.81. The topological polar surface area (TPSA) is 76.7 Å². The molecule has 3 N–H and O–H groups in total. The first-order valence-electron chi connectivity index (χ1n) is 5.62. The highest BCUT2D eigenvalue weighted by atomic mass is 79.9. The fourth-order valence-corrected chi connectivity index (χ4v) is 2.11. The summed E-state index contributed by atoms with van der Waals surface area (Å²) in [5.74, 6) is 1.01. The second-order valence-electron chi connectivity index (χ2n) is 3.93. The van der Waals surface area contributed by atoms with Crippen molar-refractivity contribution in [3.8, 4) is 0 Å². The third kappa shape index (κ3) is 2.22. The number of fused-ring (bicyclic) bond motifs is 1. The van der Waals surface area contributed by atoms with Crippen molar-refractivity contribution in [2.24, 2.45) is 0 Å². The number of benzene rings is 1. The van der Waals surface area contributed by atoms with Gasteiger partial charge in [0, 0.05) is 11.6 Å². The number of halogens is 1. The fourth-order valence-electron chi connectivity index (χ4n) is 1.80. The Hall–Kier alpha value is -2.21. The fraction of sp³-hybridized carbons (Fsp3) is 0. The van der Waals surface area contributed by atoms with Crippen LogP contribution in [0.5, 0.6) is 0 Å². The number of hydrogen-bond donors (Lipinski definition) is 2. The van der Waals surface area contributed by atoms with Crippen LogP contribution >= 0.6 is 15.9 Å². The molecule has 0 spiro atoms. The lowest BCUT2D eigenvalue weighted by Gasteiger charge is -2.10. The molecule has 0 atom stereocenters. The van der Waals surface area contributed by atoms with E-state index in [-0.39, 0.29) is 0 Å². The summed E-state index contributed by atoms with van der Waals surface area (Å²) in [7, 11) is 0. The monoisotopic (exact) mass is 315 g/mol. The first kappa shape index (κ1) is 11.9. The van der Waals surface area contributed by atoms with Crippen molar-refractivity contribution in [3.63, 3.8) is 0 Å². The maximum atomic E-state index is 5.73. The molecule has 5 nitrogen and oxygen atoms in total. The minimum atomic E-state index is 0.394. The van der Waals surface area contributed by atoms with Crippen molar-refractivity contribution in [2.75, 3.05) is 11.1 Å². The van der Waals surface area contributed by atoms with Gasteiger partial charge in [0.25, 0.3) is 0 Å². The molecule has 0 amide bonds. The van der Waals surface area contributed by atoms with E-state index in [2.05, 4.69) is 36.2 Å². The summed E-state index contributed by atoms with van der Waals surface area (Å²) in [6.45, 7) is 0. The van der Waals surface area contributed by atoms with Gasteiger partial charge in [-0.05, 0) is 28.1 Å². The van der Waals surface area contributed by atoms with Gasteiger partial charge < -0.3 is 11.1 Å². The molecule has 0 aliphatic rings. The average Bonchev–Trinajstić information content (AvgIpc) is 2.44. The van der Waals surface area contributed by atoms with Crippen molar-refractivity contribution in [1.29, 1.82) is 0 Å². The van der Waals surface area contributed by atoms with Gasteiger partial charge >= 0.3 is 0 Å². The van der Waals surface area contributed by atoms with Gasteiger partial charge in [-0.25, -0.2) is 9.97 Å². The molecule has 19 heavy (non-hydrogen) atoms. The quantitative estimate of drug-likeness (QED) is 0.759. The summed E-state index contributed by atoms with van der Waals surface area (Å²) >= 11 is 3.37. The van der Waals surface area contributed by atoms with Crippen LogP contribution in [0.3, 0.4) is 0 Å². The summed E-state index contributed by atoms with van der Waals surface area (Å²) in [5, 5.41) is 4.28. The number of nitrogens with zero attached hydrogens (tertiary/aromatic N) is 3. The summed E-state index contributed by atoms with van der Waals surface area (Å²) in [5.41, 5.74) is 7.49. The van der Waals surface area contributed by atoms with Crippen molar-refractivity contribution in [1.82, 2.24) is 15.0 Å². The standard InChI is InChI=1S/C13H10BrN5/c14-10-12(15)17-7-18-13(10)19-9-5-1-3-8-4-2-6-16-11(8)9/h1-7H,(H3,15,17,18,19). The molecule has 0 aliphatic heterocycles. The molecule has 2 aromatic heterocycles. The molecule has 2 heterocycles. The molecule has 0 radical (unpaired) electrons. The number of aromatic nitrogens is 3. The zero-order valence-electron chi connectivity index (χ0n) is 9.84. The summed E-state index contributed by atoms with van der Waals surface area (Å²) in [4.78, 5) is 12.4. The van der Waals surface area contributed by atoms with Gasteiger partial charge in [0.05, 0.1) is 11.2 Å². The highest BCUT2D eigenvalue weighted by Gasteiger charge is 2.08. The zero-order chi connectivity index (χ0) is 13.2. The van der Waals surface area contributed by atoms with E-state index in [0.29, 0.717) is 16.1 Å². The number of para-hydroxylation sites is 1.